The number of benzene rings is 1. The molecule has 0 N–H and O–H groups in total. The maximum Gasteiger partial charge on any atom is 0.185 e. The van der Waals surface area contributed by atoms with Crippen LogP contribution in [0.5, 0.6) is 11.5 Å². The van der Waals surface area contributed by atoms with Crippen LogP contribution in [0.25, 0.3) is 6.08 Å². The van der Waals surface area contributed by atoms with Crippen molar-refractivity contribution in [1.29, 1.82) is 5.26 Å². The molecule has 1 aromatic rings. The standard InChI is InChI=1S/C12H11NO4S/c1-18(14,15)10(8-13)6-9-2-3-11-12(7-9)17-5-4-16-11/h2-3,6-7H,4-5H2,1H3/b10-6+. The number of hydrogen-bond acceptors (Lipinski definition) is 5. The third-order valence-electron chi connectivity index (χ3n) is 2.37. The number of rotatable bonds is 2. The normalized spacial score (nSPS) is 15.0. The molecule has 0 amide bonds. The molecule has 0 bridgehead atoms. The summed E-state index contributed by atoms with van der Waals surface area (Å²) in [5.74, 6) is 1.18. The Bertz CT molecular complexity index is 641. The van der Waals surface area contributed by atoms with Crippen molar-refractivity contribution in [2.75, 3.05) is 19.5 Å². The van der Waals surface area contributed by atoms with Crippen molar-refractivity contribution >= 4 is 15.9 Å². The summed E-state index contributed by atoms with van der Waals surface area (Å²) in [5, 5.41) is 8.81. The second kappa shape index (κ2) is 4.70. The quantitative estimate of drug-likeness (QED) is 0.755. The van der Waals surface area contributed by atoms with Gasteiger partial charge in [0, 0.05) is 6.26 Å². The van der Waals surface area contributed by atoms with E-state index in [0.29, 0.717) is 30.3 Å². The van der Waals surface area contributed by atoms with Gasteiger partial charge in [-0.25, -0.2) is 8.42 Å². The fourth-order valence-electron chi connectivity index (χ4n) is 1.52. The highest BCUT2D eigenvalue weighted by atomic mass is 32.2. The first-order valence-electron chi connectivity index (χ1n) is 5.22. The van der Waals surface area contributed by atoms with E-state index in [4.69, 9.17) is 14.7 Å². The fourth-order valence-corrected chi connectivity index (χ4v) is 2.04. The van der Waals surface area contributed by atoms with Crippen LogP contribution in [0.3, 0.4) is 0 Å². The highest BCUT2D eigenvalue weighted by Gasteiger charge is 2.13. The monoisotopic (exact) mass is 265 g/mol. The fraction of sp³-hybridized carbons (Fsp3) is 0.250. The summed E-state index contributed by atoms with van der Waals surface area (Å²) in [6.07, 6.45) is 2.31. The van der Waals surface area contributed by atoms with Crippen molar-refractivity contribution < 1.29 is 17.9 Å². The van der Waals surface area contributed by atoms with Gasteiger partial charge >= 0.3 is 0 Å². The predicted octanol–water partition coefficient (Wildman–Crippen LogP) is 1.37. The molecule has 0 unspecified atom stereocenters. The van der Waals surface area contributed by atoms with Crippen molar-refractivity contribution in [2.45, 2.75) is 0 Å². The average Bonchev–Trinajstić information content (AvgIpc) is 2.34. The van der Waals surface area contributed by atoms with Crippen LogP contribution in [-0.4, -0.2) is 27.9 Å². The molecule has 18 heavy (non-hydrogen) atoms. The lowest BCUT2D eigenvalue weighted by Crippen LogP contribution is -2.15. The molecule has 2 rings (SSSR count). The van der Waals surface area contributed by atoms with E-state index in [-0.39, 0.29) is 4.91 Å². The summed E-state index contributed by atoms with van der Waals surface area (Å²) in [5.41, 5.74) is 0.584. The molecule has 0 saturated carbocycles. The van der Waals surface area contributed by atoms with E-state index in [1.807, 2.05) is 0 Å². The summed E-state index contributed by atoms with van der Waals surface area (Å²) >= 11 is 0. The van der Waals surface area contributed by atoms with Crippen LogP contribution in [0.2, 0.25) is 0 Å². The molecule has 0 fully saturated rings. The number of nitrogens with zero attached hydrogens (tertiary/aromatic N) is 1. The summed E-state index contributed by atoms with van der Waals surface area (Å²) in [6.45, 7) is 0.951. The Morgan fingerprint density at radius 2 is 2.00 bits per heavy atom. The third kappa shape index (κ3) is 2.63. The molecule has 1 aliphatic rings. The molecule has 94 valence electrons. The molecule has 1 aromatic carbocycles. The van der Waals surface area contributed by atoms with Crippen molar-refractivity contribution in [3.8, 4) is 17.6 Å². The van der Waals surface area contributed by atoms with Gasteiger partial charge in [-0.3, -0.25) is 0 Å². The number of allylic oxidation sites excluding steroid dienone is 1. The second-order valence-corrected chi connectivity index (χ2v) is 5.78. The van der Waals surface area contributed by atoms with Crippen LogP contribution >= 0.6 is 0 Å². The van der Waals surface area contributed by atoms with Crippen molar-refractivity contribution in [1.82, 2.24) is 0 Å². The molecule has 0 radical (unpaired) electrons. The van der Waals surface area contributed by atoms with Gasteiger partial charge in [0.15, 0.2) is 21.3 Å². The van der Waals surface area contributed by atoms with Crippen molar-refractivity contribution in [3.05, 3.63) is 28.7 Å². The van der Waals surface area contributed by atoms with Crippen LogP contribution < -0.4 is 9.47 Å². The SMILES string of the molecule is CS(=O)(=O)/C(C#N)=C/c1ccc2c(c1)OCCO2. The molecular formula is C12H11NO4S. The lowest BCUT2D eigenvalue weighted by atomic mass is 10.2. The van der Waals surface area contributed by atoms with E-state index in [1.54, 1.807) is 24.3 Å². The van der Waals surface area contributed by atoms with E-state index < -0.39 is 9.84 Å². The number of sulfone groups is 1. The minimum atomic E-state index is -3.51. The van der Waals surface area contributed by atoms with Crippen LogP contribution in [0.1, 0.15) is 5.56 Å². The van der Waals surface area contributed by atoms with Gasteiger partial charge < -0.3 is 9.47 Å². The van der Waals surface area contributed by atoms with Gasteiger partial charge in [0.2, 0.25) is 0 Å². The van der Waals surface area contributed by atoms with Gasteiger partial charge in [0.05, 0.1) is 0 Å². The van der Waals surface area contributed by atoms with E-state index in [2.05, 4.69) is 0 Å². The molecule has 1 aliphatic heterocycles. The minimum Gasteiger partial charge on any atom is -0.486 e. The van der Waals surface area contributed by atoms with Crippen LogP contribution in [0, 0.1) is 11.3 Å². The first kappa shape index (κ1) is 12.5. The lowest BCUT2D eigenvalue weighted by molar-refractivity contribution is 0.171. The Hall–Kier alpha value is -2.00. The number of fused-ring (bicyclic) bond motifs is 1. The largest absolute Gasteiger partial charge is 0.486 e. The van der Waals surface area contributed by atoms with Crippen LogP contribution in [0.15, 0.2) is 23.1 Å². The summed E-state index contributed by atoms with van der Waals surface area (Å²) < 4.78 is 33.3. The average molecular weight is 265 g/mol. The molecule has 0 spiro atoms. The van der Waals surface area contributed by atoms with Crippen LogP contribution in [-0.2, 0) is 9.84 Å². The molecule has 0 aliphatic carbocycles. The molecule has 0 atom stereocenters. The van der Waals surface area contributed by atoms with E-state index in [0.717, 1.165) is 6.26 Å². The first-order chi connectivity index (χ1) is 8.50. The molecule has 0 aromatic heterocycles. The Labute approximate surface area is 105 Å². The third-order valence-corrected chi connectivity index (χ3v) is 3.38. The Morgan fingerprint density at radius 1 is 1.33 bits per heavy atom. The zero-order valence-corrected chi connectivity index (χ0v) is 10.5. The number of ether oxygens (including phenoxy) is 2. The second-order valence-electron chi connectivity index (χ2n) is 3.80. The molecule has 5 nitrogen and oxygen atoms in total. The Balaban J connectivity index is 2.41. The molecular weight excluding hydrogens is 254 g/mol. The van der Waals surface area contributed by atoms with Gasteiger partial charge in [-0.05, 0) is 23.8 Å². The maximum atomic E-state index is 11.3. The number of nitriles is 1. The highest BCUT2D eigenvalue weighted by molar-refractivity contribution is 7.95. The van der Waals surface area contributed by atoms with E-state index in [9.17, 15) is 8.42 Å². The lowest BCUT2D eigenvalue weighted by Gasteiger charge is -2.18. The number of hydrogen-bond donors (Lipinski definition) is 0. The van der Waals surface area contributed by atoms with Gasteiger partial charge in [0.25, 0.3) is 0 Å². The van der Waals surface area contributed by atoms with Gasteiger partial charge in [-0.15, -0.1) is 0 Å². The minimum absolute atomic E-state index is 0.279. The van der Waals surface area contributed by atoms with Gasteiger partial charge in [-0.1, -0.05) is 6.07 Å². The molecule has 0 saturated heterocycles. The Morgan fingerprint density at radius 3 is 2.61 bits per heavy atom. The molecule has 1 heterocycles. The Kier molecular flexibility index (Phi) is 3.26. The zero-order valence-electron chi connectivity index (χ0n) is 9.71. The summed E-state index contributed by atoms with van der Waals surface area (Å²) in [4.78, 5) is -0.279. The zero-order chi connectivity index (χ0) is 13.2. The highest BCUT2D eigenvalue weighted by Crippen LogP contribution is 2.31. The van der Waals surface area contributed by atoms with Crippen molar-refractivity contribution in [3.63, 3.8) is 0 Å². The van der Waals surface area contributed by atoms with Gasteiger partial charge in [0.1, 0.15) is 24.2 Å². The van der Waals surface area contributed by atoms with Crippen LogP contribution in [0.4, 0.5) is 0 Å². The summed E-state index contributed by atoms with van der Waals surface area (Å²) in [6, 6.07) is 6.69. The predicted molar refractivity (Wildman–Crippen MR) is 65.9 cm³/mol. The topological polar surface area (TPSA) is 76.4 Å². The van der Waals surface area contributed by atoms with Gasteiger partial charge in [-0.2, -0.15) is 5.26 Å². The smallest absolute Gasteiger partial charge is 0.185 e. The first-order valence-corrected chi connectivity index (χ1v) is 7.11. The maximum absolute atomic E-state index is 11.3. The molecule has 6 heteroatoms. The van der Waals surface area contributed by atoms with E-state index >= 15 is 0 Å². The summed E-state index contributed by atoms with van der Waals surface area (Å²) in [7, 11) is -3.51. The van der Waals surface area contributed by atoms with E-state index in [1.165, 1.54) is 6.08 Å². The van der Waals surface area contributed by atoms with Crippen molar-refractivity contribution in [2.24, 2.45) is 0 Å².